The van der Waals surface area contributed by atoms with Gasteiger partial charge in [-0.25, -0.2) is 0 Å². The minimum atomic E-state index is -0.613. The summed E-state index contributed by atoms with van der Waals surface area (Å²) in [5, 5.41) is 35.5. The summed E-state index contributed by atoms with van der Waals surface area (Å²) >= 11 is 0. The Kier molecular flexibility index (Phi) is 21.9. The Balaban J connectivity index is 0. The Morgan fingerprint density at radius 2 is 0.725 bits per heavy atom. The van der Waals surface area contributed by atoms with Crippen LogP contribution in [0.2, 0.25) is 0 Å². The average Bonchev–Trinajstić information content (AvgIpc) is 2.84. The SMILES string of the molecule is CC(C)(C#CC(C)(C)OCCO)OCCO.CC(O)COCCOC(C)(C)C#CC(C)(C)OCCOCC(C)O. The highest BCUT2D eigenvalue weighted by Gasteiger charge is 2.20. The van der Waals surface area contributed by atoms with Crippen LogP contribution in [0.25, 0.3) is 0 Å². The molecule has 10 heteroatoms. The van der Waals surface area contributed by atoms with E-state index in [9.17, 15) is 0 Å². The lowest BCUT2D eigenvalue weighted by atomic mass is 10.1. The predicted octanol–water partition coefficient (Wildman–Crippen LogP) is 1.94. The van der Waals surface area contributed by atoms with E-state index >= 15 is 0 Å². The van der Waals surface area contributed by atoms with E-state index in [-0.39, 0.29) is 26.4 Å². The first-order valence-corrected chi connectivity index (χ1v) is 13.7. The highest BCUT2D eigenvalue weighted by atomic mass is 16.5. The average molecular weight is 577 g/mol. The molecule has 0 saturated heterocycles. The number of hydrogen-bond acceptors (Lipinski definition) is 10. The van der Waals surface area contributed by atoms with Gasteiger partial charge in [-0.05, 0) is 69.2 Å². The molecule has 10 nitrogen and oxygen atoms in total. The van der Waals surface area contributed by atoms with E-state index in [1.807, 2.05) is 55.4 Å². The molecular formula is C30H56O10. The van der Waals surface area contributed by atoms with Gasteiger partial charge in [0, 0.05) is 0 Å². The predicted molar refractivity (Wildman–Crippen MR) is 155 cm³/mol. The number of ether oxygens (including phenoxy) is 6. The first kappa shape index (κ1) is 40.9. The molecule has 0 fully saturated rings. The Morgan fingerprint density at radius 3 is 0.950 bits per heavy atom. The maximum atomic E-state index is 9.09. The lowest BCUT2D eigenvalue weighted by molar-refractivity contribution is -0.0332. The standard InChI is InChI=1S/C18H34O6.C12H22O4/c1-15(19)13-21-9-11-23-17(3,4)7-8-18(5,6)24-12-10-22-14-16(2)20;1-11(2,15-9-7-13)5-6-12(3,4)16-10-8-14/h15-16,19-20H,9-14H2,1-6H3;13-14H,7-10H2,1-4H3. The summed E-state index contributed by atoms with van der Waals surface area (Å²) in [5.74, 6) is 12.1. The number of rotatable bonds is 18. The van der Waals surface area contributed by atoms with E-state index in [0.717, 1.165) is 0 Å². The first-order chi connectivity index (χ1) is 18.4. The fourth-order valence-electron chi connectivity index (χ4n) is 2.57. The van der Waals surface area contributed by atoms with Gasteiger partial charge < -0.3 is 48.8 Å². The van der Waals surface area contributed by atoms with Crippen molar-refractivity contribution in [2.75, 3.05) is 66.1 Å². The molecule has 0 saturated carbocycles. The van der Waals surface area contributed by atoms with Crippen LogP contribution in [0.3, 0.4) is 0 Å². The van der Waals surface area contributed by atoms with Gasteiger partial charge >= 0.3 is 0 Å². The monoisotopic (exact) mass is 576 g/mol. The van der Waals surface area contributed by atoms with Gasteiger partial charge in [0.25, 0.3) is 0 Å². The molecule has 0 bridgehead atoms. The normalized spacial score (nSPS) is 13.8. The molecule has 2 atom stereocenters. The van der Waals surface area contributed by atoms with Crippen molar-refractivity contribution in [2.45, 2.75) is 104 Å². The minimum absolute atomic E-state index is 0.0183. The first-order valence-electron chi connectivity index (χ1n) is 13.7. The molecule has 0 aromatic rings. The van der Waals surface area contributed by atoms with E-state index < -0.39 is 34.6 Å². The summed E-state index contributed by atoms with van der Waals surface area (Å²) in [6.07, 6.45) is -0.944. The Hall–Kier alpha value is -1.28. The van der Waals surface area contributed by atoms with Gasteiger partial charge in [-0.1, -0.05) is 23.7 Å². The molecule has 0 aliphatic rings. The van der Waals surface area contributed by atoms with Gasteiger partial charge in [-0.2, -0.15) is 0 Å². The molecule has 236 valence electrons. The molecule has 0 amide bonds. The second kappa shape index (κ2) is 21.4. The summed E-state index contributed by atoms with van der Waals surface area (Å²) < 4.78 is 32.6. The molecule has 0 aromatic heterocycles. The fourth-order valence-corrected chi connectivity index (χ4v) is 2.57. The topological polar surface area (TPSA) is 136 Å². The Labute approximate surface area is 242 Å². The largest absolute Gasteiger partial charge is 0.394 e. The van der Waals surface area contributed by atoms with Crippen molar-refractivity contribution in [3.8, 4) is 23.7 Å². The van der Waals surface area contributed by atoms with Gasteiger partial charge in [0.2, 0.25) is 0 Å². The molecule has 0 radical (unpaired) electrons. The lowest BCUT2D eigenvalue weighted by Gasteiger charge is -2.22. The Morgan fingerprint density at radius 1 is 0.475 bits per heavy atom. The van der Waals surface area contributed by atoms with Crippen LogP contribution in [0.1, 0.15) is 69.2 Å². The van der Waals surface area contributed by atoms with Gasteiger partial charge in [0.15, 0.2) is 0 Å². The summed E-state index contributed by atoms with van der Waals surface area (Å²) in [4.78, 5) is 0. The van der Waals surface area contributed by atoms with E-state index in [0.29, 0.717) is 39.6 Å². The van der Waals surface area contributed by atoms with E-state index in [1.54, 1.807) is 13.8 Å². The molecule has 0 aliphatic carbocycles. The molecule has 0 aromatic carbocycles. The van der Waals surface area contributed by atoms with Gasteiger partial charge in [0.05, 0.1) is 78.3 Å². The second-order valence-corrected chi connectivity index (χ2v) is 11.2. The van der Waals surface area contributed by atoms with Crippen LogP contribution < -0.4 is 0 Å². The van der Waals surface area contributed by atoms with Crippen LogP contribution in [0.4, 0.5) is 0 Å². The molecule has 0 heterocycles. The van der Waals surface area contributed by atoms with Crippen LogP contribution in [-0.4, -0.2) is 121 Å². The third-order valence-electron chi connectivity index (χ3n) is 4.54. The summed E-state index contributed by atoms with van der Waals surface area (Å²) in [6.45, 7) is 20.9. The molecule has 2 unspecified atom stereocenters. The van der Waals surface area contributed by atoms with Gasteiger partial charge in [-0.3, -0.25) is 0 Å². The molecule has 4 N–H and O–H groups in total. The lowest BCUT2D eigenvalue weighted by Crippen LogP contribution is -2.29. The molecule has 0 aliphatic heterocycles. The number of aliphatic hydroxyl groups is 4. The van der Waals surface area contributed by atoms with Crippen LogP contribution in [0, 0.1) is 23.7 Å². The maximum absolute atomic E-state index is 9.09. The third-order valence-corrected chi connectivity index (χ3v) is 4.54. The van der Waals surface area contributed by atoms with Crippen molar-refractivity contribution >= 4 is 0 Å². The highest BCUT2D eigenvalue weighted by molar-refractivity contribution is 5.19. The van der Waals surface area contributed by atoms with Crippen molar-refractivity contribution in [2.24, 2.45) is 0 Å². The van der Waals surface area contributed by atoms with E-state index in [1.165, 1.54) is 0 Å². The van der Waals surface area contributed by atoms with Crippen molar-refractivity contribution in [1.29, 1.82) is 0 Å². The molecule has 0 spiro atoms. The smallest absolute Gasteiger partial charge is 0.123 e. The van der Waals surface area contributed by atoms with Crippen molar-refractivity contribution in [3.05, 3.63) is 0 Å². The number of aliphatic hydroxyl groups excluding tert-OH is 4. The molecule has 40 heavy (non-hydrogen) atoms. The van der Waals surface area contributed by atoms with Crippen molar-refractivity contribution in [1.82, 2.24) is 0 Å². The second-order valence-electron chi connectivity index (χ2n) is 11.2. The summed E-state index contributed by atoms with van der Waals surface area (Å²) in [5.41, 5.74) is -2.44. The van der Waals surface area contributed by atoms with E-state index in [2.05, 4.69) is 23.7 Å². The van der Waals surface area contributed by atoms with Crippen LogP contribution in [0.5, 0.6) is 0 Å². The van der Waals surface area contributed by atoms with Crippen LogP contribution in [0.15, 0.2) is 0 Å². The quantitative estimate of drug-likeness (QED) is 0.142. The van der Waals surface area contributed by atoms with E-state index in [4.69, 9.17) is 48.8 Å². The zero-order valence-electron chi connectivity index (χ0n) is 26.5. The van der Waals surface area contributed by atoms with Crippen LogP contribution >= 0.6 is 0 Å². The van der Waals surface area contributed by atoms with Crippen molar-refractivity contribution < 1.29 is 48.8 Å². The molecular weight excluding hydrogens is 520 g/mol. The zero-order valence-corrected chi connectivity index (χ0v) is 26.5. The fraction of sp³-hybridized carbons (Fsp3) is 0.867. The minimum Gasteiger partial charge on any atom is -0.394 e. The third kappa shape index (κ3) is 28.3. The zero-order chi connectivity index (χ0) is 31.3. The van der Waals surface area contributed by atoms with Gasteiger partial charge in [0.1, 0.15) is 22.4 Å². The maximum Gasteiger partial charge on any atom is 0.123 e. The van der Waals surface area contributed by atoms with Crippen LogP contribution in [-0.2, 0) is 28.4 Å². The Bertz CT molecular complexity index is 694. The highest BCUT2D eigenvalue weighted by Crippen LogP contribution is 2.13. The number of hydrogen-bond donors (Lipinski definition) is 4. The van der Waals surface area contributed by atoms with Crippen molar-refractivity contribution in [3.63, 3.8) is 0 Å². The summed E-state index contributed by atoms with van der Waals surface area (Å²) in [6, 6.07) is 0. The molecule has 0 rings (SSSR count). The van der Waals surface area contributed by atoms with Gasteiger partial charge in [-0.15, -0.1) is 0 Å². The summed E-state index contributed by atoms with van der Waals surface area (Å²) in [7, 11) is 0.